The fourth-order valence-electron chi connectivity index (χ4n) is 3.37. The zero-order valence-electron chi connectivity index (χ0n) is 13.8. The molecule has 12 heteroatoms. The minimum absolute atomic E-state index is 0.138. The summed E-state index contributed by atoms with van der Waals surface area (Å²) in [5.41, 5.74) is 4.28. The monoisotopic (exact) mass is 375 g/mol. The van der Waals surface area contributed by atoms with Gasteiger partial charge in [0.2, 0.25) is 0 Å². The first-order valence-electron chi connectivity index (χ1n) is 7.80. The number of aliphatic hydroxyl groups is 1. The number of rotatable bonds is 2. The number of nitrogens with two attached hydrogens (primary N) is 1. The van der Waals surface area contributed by atoms with E-state index in [-0.39, 0.29) is 18.1 Å². The van der Waals surface area contributed by atoms with E-state index in [4.69, 9.17) is 19.9 Å². The van der Waals surface area contributed by atoms with E-state index in [1.807, 2.05) is 0 Å². The van der Waals surface area contributed by atoms with Crippen LogP contribution >= 0.6 is 0 Å². The van der Waals surface area contributed by atoms with Crippen molar-refractivity contribution in [2.75, 3.05) is 12.3 Å². The lowest BCUT2D eigenvalue weighted by Gasteiger charge is -2.23. The number of ether oxygens (including phenoxy) is 3. The lowest BCUT2D eigenvalue weighted by atomic mass is 10.1. The molecular formula is C14H16F3N5O4. The number of hydrogen-bond acceptors (Lipinski definition) is 8. The molecule has 2 aliphatic heterocycles. The van der Waals surface area contributed by atoms with E-state index >= 15 is 0 Å². The molecule has 0 bridgehead atoms. The molecule has 4 atom stereocenters. The van der Waals surface area contributed by atoms with Crippen molar-refractivity contribution < 1.29 is 32.5 Å². The summed E-state index contributed by atoms with van der Waals surface area (Å²) in [4.78, 5) is 7.51. The molecule has 3 N–H and O–H groups in total. The summed E-state index contributed by atoms with van der Waals surface area (Å²) in [6, 6.07) is 0. The Morgan fingerprint density at radius 1 is 1.27 bits per heavy atom. The van der Waals surface area contributed by atoms with Crippen molar-refractivity contribution >= 4 is 16.9 Å². The average Bonchev–Trinajstić information content (AvgIpc) is 3.15. The van der Waals surface area contributed by atoms with Crippen molar-refractivity contribution in [2.24, 2.45) is 0 Å². The van der Waals surface area contributed by atoms with E-state index < -0.39 is 47.6 Å². The number of aliphatic hydroxyl groups excluding tert-OH is 1. The molecule has 2 aromatic heterocycles. The van der Waals surface area contributed by atoms with Crippen LogP contribution in [0.15, 0.2) is 6.33 Å². The van der Waals surface area contributed by atoms with Gasteiger partial charge in [-0.05, 0) is 13.8 Å². The summed E-state index contributed by atoms with van der Waals surface area (Å²) >= 11 is 0. The molecular weight excluding hydrogens is 359 g/mol. The maximum Gasteiger partial charge on any atom is 0.435 e. The van der Waals surface area contributed by atoms with Gasteiger partial charge < -0.3 is 25.1 Å². The van der Waals surface area contributed by atoms with E-state index in [9.17, 15) is 18.3 Å². The average molecular weight is 375 g/mol. The summed E-state index contributed by atoms with van der Waals surface area (Å²) in [5.74, 6) is -1.32. The zero-order chi connectivity index (χ0) is 18.9. The molecule has 2 aromatic rings. The van der Waals surface area contributed by atoms with Gasteiger partial charge in [0.05, 0.1) is 12.0 Å². The van der Waals surface area contributed by atoms with Gasteiger partial charge in [-0.2, -0.15) is 18.3 Å². The topological polar surface area (TPSA) is 118 Å². The maximum atomic E-state index is 13.4. The molecule has 2 fully saturated rings. The fraction of sp³-hybridized carbons (Fsp3) is 0.643. The van der Waals surface area contributed by atoms with Crippen molar-refractivity contribution in [1.82, 2.24) is 19.7 Å². The van der Waals surface area contributed by atoms with Gasteiger partial charge in [0, 0.05) is 0 Å². The minimum Gasteiger partial charge on any atom is -0.394 e. The van der Waals surface area contributed by atoms with Crippen molar-refractivity contribution in [3.05, 3.63) is 12.0 Å². The van der Waals surface area contributed by atoms with E-state index in [1.54, 1.807) is 13.8 Å². The van der Waals surface area contributed by atoms with Crippen LogP contribution < -0.4 is 5.73 Å². The smallest absolute Gasteiger partial charge is 0.394 e. The van der Waals surface area contributed by atoms with Crippen LogP contribution in [0.3, 0.4) is 0 Å². The highest BCUT2D eigenvalue weighted by Gasteiger charge is 2.56. The van der Waals surface area contributed by atoms with Crippen LogP contribution in [0.25, 0.3) is 11.0 Å². The van der Waals surface area contributed by atoms with Crippen molar-refractivity contribution in [2.45, 2.75) is 50.4 Å². The highest BCUT2D eigenvalue weighted by Crippen LogP contribution is 2.45. The molecule has 4 rings (SSSR count). The fourth-order valence-corrected chi connectivity index (χ4v) is 3.37. The molecule has 142 valence electrons. The predicted molar refractivity (Wildman–Crippen MR) is 79.6 cm³/mol. The van der Waals surface area contributed by atoms with Gasteiger partial charge in [-0.15, -0.1) is 0 Å². The lowest BCUT2D eigenvalue weighted by molar-refractivity contribution is -0.201. The second-order valence-corrected chi connectivity index (χ2v) is 6.56. The van der Waals surface area contributed by atoms with Gasteiger partial charge in [-0.1, -0.05) is 0 Å². The number of halogens is 3. The standard InChI is InChI=1S/C14H16F3N5O4/c1-13(2)25-7-5(3-23)24-12(8(7)26-13)22-11-6(10(18)19-4-20-11)9(21-22)14(15,16)17/h4-5,7-8,12,23H,3H2,1-2H3,(H2,18,19,20)/t5-,7-,8-,12-/m1/s1. The molecule has 0 aromatic carbocycles. The van der Waals surface area contributed by atoms with Crippen molar-refractivity contribution in [3.63, 3.8) is 0 Å². The largest absolute Gasteiger partial charge is 0.435 e. The van der Waals surface area contributed by atoms with E-state index in [2.05, 4.69) is 15.1 Å². The second kappa shape index (κ2) is 5.49. The molecule has 9 nitrogen and oxygen atoms in total. The number of aromatic nitrogens is 4. The van der Waals surface area contributed by atoms with Gasteiger partial charge in [0.25, 0.3) is 0 Å². The third kappa shape index (κ3) is 2.52. The van der Waals surface area contributed by atoms with Crippen molar-refractivity contribution in [1.29, 1.82) is 0 Å². The van der Waals surface area contributed by atoms with Crippen LogP contribution in [0.2, 0.25) is 0 Å². The Bertz CT molecular complexity index is 855. The highest BCUT2D eigenvalue weighted by atomic mass is 19.4. The zero-order valence-corrected chi connectivity index (χ0v) is 13.8. The molecule has 0 spiro atoms. The third-order valence-corrected chi connectivity index (χ3v) is 4.33. The molecule has 0 saturated carbocycles. The summed E-state index contributed by atoms with van der Waals surface area (Å²) in [6.07, 6.45) is -7.01. The first-order valence-corrected chi connectivity index (χ1v) is 7.80. The highest BCUT2D eigenvalue weighted by molar-refractivity contribution is 5.88. The summed E-state index contributed by atoms with van der Waals surface area (Å²) in [5, 5.41) is 12.8. The number of alkyl halides is 3. The van der Waals surface area contributed by atoms with Crippen molar-refractivity contribution in [3.8, 4) is 0 Å². The van der Waals surface area contributed by atoms with Gasteiger partial charge in [-0.3, -0.25) is 0 Å². The van der Waals surface area contributed by atoms with Gasteiger partial charge in [-0.25, -0.2) is 14.6 Å². The van der Waals surface area contributed by atoms with Gasteiger partial charge in [0.1, 0.15) is 30.5 Å². The Balaban J connectivity index is 1.86. The number of anilines is 1. The van der Waals surface area contributed by atoms with Gasteiger partial charge >= 0.3 is 6.18 Å². The maximum absolute atomic E-state index is 13.4. The van der Waals surface area contributed by atoms with Crippen LogP contribution in [0.5, 0.6) is 0 Å². The summed E-state index contributed by atoms with van der Waals surface area (Å²) in [7, 11) is 0. The quantitative estimate of drug-likeness (QED) is 0.793. The second-order valence-electron chi connectivity index (χ2n) is 6.56. The number of hydrogen-bond donors (Lipinski definition) is 2. The van der Waals surface area contributed by atoms with Crippen LogP contribution in [-0.4, -0.2) is 55.6 Å². The Hall–Kier alpha value is -2.02. The normalized spacial score (nSPS) is 30.8. The molecule has 26 heavy (non-hydrogen) atoms. The van der Waals surface area contributed by atoms with E-state index in [1.165, 1.54) is 0 Å². The Morgan fingerprint density at radius 2 is 1.96 bits per heavy atom. The first-order chi connectivity index (χ1) is 12.1. The van der Waals surface area contributed by atoms with Crippen LogP contribution in [0.1, 0.15) is 25.8 Å². The molecule has 0 amide bonds. The summed E-state index contributed by atoms with van der Waals surface area (Å²) in [6.45, 7) is 2.94. The Labute approximate surface area is 144 Å². The molecule has 0 radical (unpaired) electrons. The SMILES string of the molecule is CC1(C)O[C@@H]2[C@H](O1)[C@@H](CO)O[C@H]2n1nc(C(F)(F)F)c2c(N)ncnc21. The number of fused-ring (bicyclic) bond motifs is 2. The predicted octanol–water partition coefficient (Wildman–Crippen LogP) is 0.837. The van der Waals surface area contributed by atoms with Gasteiger partial charge in [0.15, 0.2) is 23.4 Å². The molecule has 2 aliphatic rings. The van der Waals surface area contributed by atoms with E-state index in [0.717, 1.165) is 11.0 Å². The molecule has 2 saturated heterocycles. The Kier molecular flexibility index (Phi) is 3.67. The minimum atomic E-state index is -4.76. The molecule has 4 heterocycles. The van der Waals surface area contributed by atoms with Crippen LogP contribution in [0, 0.1) is 0 Å². The third-order valence-electron chi connectivity index (χ3n) is 4.33. The number of nitrogen functional groups attached to an aromatic ring is 1. The number of nitrogens with zero attached hydrogens (tertiary/aromatic N) is 4. The van der Waals surface area contributed by atoms with Crippen LogP contribution in [-0.2, 0) is 20.4 Å². The first kappa shape index (κ1) is 17.4. The lowest BCUT2D eigenvalue weighted by Crippen LogP contribution is -2.31. The molecule has 0 unspecified atom stereocenters. The van der Waals surface area contributed by atoms with E-state index in [0.29, 0.717) is 0 Å². The summed E-state index contributed by atoms with van der Waals surface area (Å²) < 4.78 is 58.3. The molecule has 0 aliphatic carbocycles. The van der Waals surface area contributed by atoms with Crippen LogP contribution in [0.4, 0.5) is 19.0 Å². The Morgan fingerprint density at radius 3 is 2.62 bits per heavy atom.